The zero-order valence-electron chi connectivity index (χ0n) is 15.8. The Labute approximate surface area is 158 Å². The number of anilines is 1. The molecule has 0 saturated carbocycles. The molecule has 0 fully saturated rings. The van der Waals surface area contributed by atoms with E-state index in [1.807, 2.05) is 25.2 Å². The van der Waals surface area contributed by atoms with Crippen molar-refractivity contribution >= 4 is 11.6 Å². The number of ether oxygens (including phenoxy) is 4. The molecule has 1 aliphatic rings. The molecular weight excluding hydrogens is 348 g/mol. The van der Waals surface area contributed by atoms with Gasteiger partial charge in [0.05, 0.1) is 14.2 Å². The van der Waals surface area contributed by atoms with Crippen molar-refractivity contribution in [3.63, 3.8) is 0 Å². The second-order valence-electron chi connectivity index (χ2n) is 6.26. The van der Waals surface area contributed by atoms with E-state index in [-0.39, 0.29) is 12.7 Å². The van der Waals surface area contributed by atoms with Crippen LogP contribution in [0, 0.1) is 0 Å². The Morgan fingerprint density at radius 2 is 1.96 bits per heavy atom. The summed E-state index contributed by atoms with van der Waals surface area (Å²) in [6, 6.07) is 11.1. The fraction of sp³-hybridized carbons (Fsp3) is 0.350. The lowest BCUT2D eigenvalue weighted by molar-refractivity contribution is -0.116. The first-order valence-electron chi connectivity index (χ1n) is 8.68. The van der Waals surface area contributed by atoms with E-state index in [2.05, 4.69) is 10.2 Å². The van der Waals surface area contributed by atoms with Crippen molar-refractivity contribution in [3.8, 4) is 23.0 Å². The van der Waals surface area contributed by atoms with Crippen LogP contribution < -0.4 is 24.3 Å². The molecular formula is C20H24N2O5. The third kappa shape index (κ3) is 4.62. The lowest BCUT2D eigenvalue weighted by Gasteiger charge is -2.19. The summed E-state index contributed by atoms with van der Waals surface area (Å²) in [4.78, 5) is 14.3. The number of fused-ring (bicyclic) bond motifs is 1. The summed E-state index contributed by atoms with van der Waals surface area (Å²) in [5.74, 6) is 2.70. The molecule has 0 bridgehead atoms. The SMILES string of the molecule is COc1cccc(CN(C)CCC(=O)Nc2ccc3c(c2)OCO3)c1OC. The van der Waals surface area contributed by atoms with Gasteiger partial charge in [-0.2, -0.15) is 0 Å². The van der Waals surface area contributed by atoms with Crippen molar-refractivity contribution < 1.29 is 23.7 Å². The van der Waals surface area contributed by atoms with Crippen LogP contribution in [0.15, 0.2) is 36.4 Å². The lowest BCUT2D eigenvalue weighted by atomic mass is 10.1. The van der Waals surface area contributed by atoms with Gasteiger partial charge in [0.1, 0.15) is 0 Å². The van der Waals surface area contributed by atoms with E-state index in [4.69, 9.17) is 18.9 Å². The number of carbonyl (C=O) groups excluding carboxylic acids is 1. The van der Waals surface area contributed by atoms with Crippen LogP contribution in [0.5, 0.6) is 23.0 Å². The zero-order valence-corrected chi connectivity index (χ0v) is 15.8. The number of rotatable bonds is 8. The number of nitrogens with zero attached hydrogens (tertiary/aromatic N) is 1. The Hall–Kier alpha value is -2.93. The van der Waals surface area contributed by atoms with E-state index in [0.29, 0.717) is 42.4 Å². The van der Waals surface area contributed by atoms with Gasteiger partial charge in [-0.15, -0.1) is 0 Å². The fourth-order valence-corrected chi connectivity index (χ4v) is 2.94. The number of para-hydroxylation sites is 1. The number of hydrogen-bond acceptors (Lipinski definition) is 6. The van der Waals surface area contributed by atoms with Crippen LogP contribution in [0.3, 0.4) is 0 Å². The molecule has 1 N–H and O–H groups in total. The zero-order chi connectivity index (χ0) is 19.2. The van der Waals surface area contributed by atoms with Crippen LogP contribution in [0.4, 0.5) is 5.69 Å². The lowest BCUT2D eigenvalue weighted by Crippen LogP contribution is -2.24. The summed E-state index contributed by atoms with van der Waals surface area (Å²) in [6.45, 7) is 1.47. The Morgan fingerprint density at radius 3 is 2.74 bits per heavy atom. The molecule has 0 unspecified atom stereocenters. The van der Waals surface area contributed by atoms with E-state index in [1.165, 1.54) is 0 Å². The molecule has 2 aromatic carbocycles. The third-order valence-electron chi connectivity index (χ3n) is 4.30. The van der Waals surface area contributed by atoms with Gasteiger partial charge in [-0.25, -0.2) is 0 Å². The number of nitrogens with one attached hydrogen (secondary N) is 1. The quantitative estimate of drug-likeness (QED) is 0.768. The maximum absolute atomic E-state index is 12.2. The van der Waals surface area contributed by atoms with Gasteiger partial charge in [0, 0.05) is 36.8 Å². The highest BCUT2D eigenvalue weighted by atomic mass is 16.7. The first-order valence-corrected chi connectivity index (χ1v) is 8.68. The molecule has 2 aromatic rings. The van der Waals surface area contributed by atoms with Crippen molar-refractivity contribution in [2.24, 2.45) is 0 Å². The van der Waals surface area contributed by atoms with Crippen molar-refractivity contribution in [3.05, 3.63) is 42.0 Å². The monoisotopic (exact) mass is 372 g/mol. The van der Waals surface area contributed by atoms with Gasteiger partial charge >= 0.3 is 0 Å². The van der Waals surface area contributed by atoms with Gasteiger partial charge in [-0.05, 0) is 25.2 Å². The molecule has 0 spiro atoms. The minimum atomic E-state index is -0.0571. The summed E-state index contributed by atoms with van der Waals surface area (Å²) in [5.41, 5.74) is 1.71. The molecule has 1 heterocycles. The maximum Gasteiger partial charge on any atom is 0.231 e. The number of amides is 1. The van der Waals surface area contributed by atoms with Crippen molar-refractivity contribution in [1.82, 2.24) is 4.90 Å². The second kappa shape index (κ2) is 8.64. The van der Waals surface area contributed by atoms with Crippen LogP contribution in [-0.4, -0.2) is 45.4 Å². The van der Waals surface area contributed by atoms with Gasteiger partial charge in [0.2, 0.25) is 12.7 Å². The van der Waals surface area contributed by atoms with Gasteiger partial charge in [0.15, 0.2) is 23.0 Å². The summed E-state index contributed by atoms with van der Waals surface area (Å²) in [5, 5.41) is 2.89. The Kier molecular flexibility index (Phi) is 6.03. The normalized spacial score (nSPS) is 12.1. The van der Waals surface area contributed by atoms with Gasteiger partial charge in [0.25, 0.3) is 0 Å². The first-order chi connectivity index (χ1) is 13.1. The average molecular weight is 372 g/mol. The van der Waals surface area contributed by atoms with Gasteiger partial charge in [-0.3, -0.25) is 4.79 Å². The predicted octanol–water partition coefficient (Wildman–Crippen LogP) is 2.89. The molecule has 0 atom stereocenters. The molecule has 0 aliphatic carbocycles. The van der Waals surface area contributed by atoms with Crippen LogP contribution in [0.25, 0.3) is 0 Å². The predicted molar refractivity (Wildman–Crippen MR) is 102 cm³/mol. The highest BCUT2D eigenvalue weighted by Gasteiger charge is 2.15. The Morgan fingerprint density at radius 1 is 1.15 bits per heavy atom. The molecule has 1 amide bonds. The van der Waals surface area contributed by atoms with E-state index >= 15 is 0 Å². The highest BCUT2D eigenvalue weighted by molar-refractivity contribution is 5.91. The smallest absolute Gasteiger partial charge is 0.231 e. The largest absolute Gasteiger partial charge is 0.493 e. The molecule has 0 saturated heterocycles. The number of benzene rings is 2. The Bertz CT molecular complexity index is 809. The minimum Gasteiger partial charge on any atom is -0.493 e. The highest BCUT2D eigenvalue weighted by Crippen LogP contribution is 2.34. The van der Waals surface area contributed by atoms with Gasteiger partial charge < -0.3 is 29.2 Å². The van der Waals surface area contributed by atoms with E-state index < -0.39 is 0 Å². The molecule has 7 nitrogen and oxygen atoms in total. The standard InChI is InChI=1S/C20H24N2O5/c1-22(12-14-5-4-6-17(24-2)20(14)25-3)10-9-19(23)21-15-7-8-16-18(11-15)27-13-26-16/h4-8,11H,9-10,12-13H2,1-3H3,(H,21,23). The molecule has 1 aliphatic heterocycles. The topological polar surface area (TPSA) is 69.3 Å². The number of hydrogen-bond donors (Lipinski definition) is 1. The van der Waals surface area contributed by atoms with Crippen molar-refractivity contribution in [2.75, 3.05) is 39.9 Å². The van der Waals surface area contributed by atoms with Crippen LogP contribution >= 0.6 is 0 Å². The number of methoxy groups -OCH3 is 2. The summed E-state index contributed by atoms with van der Waals surface area (Å²) >= 11 is 0. The number of carbonyl (C=O) groups is 1. The summed E-state index contributed by atoms with van der Waals surface area (Å²) in [7, 11) is 5.21. The van der Waals surface area contributed by atoms with Crippen molar-refractivity contribution in [1.29, 1.82) is 0 Å². The Balaban J connectivity index is 1.52. The van der Waals surface area contributed by atoms with Gasteiger partial charge in [-0.1, -0.05) is 12.1 Å². The molecule has 3 rings (SSSR count). The summed E-state index contributed by atoms with van der Waals surface area (Å²) in [6.07, 6.45) is 0.372. The van der Waals surface area contributed by atoms with E-state index in [9.17, 15) is 4.79 Å². The molecule has 7 heteroatoms. The third-order valence-corrected chi connectivity index (χ3v) is 4.30. The van der Waals surface area contributed by atoms with E-state index in [1.54, 1.807) is 32.4 Å². The van der Waals surface area contributed by atoms with Crippen LogP contribution in [-0.2, 0) is 11.3 Å². The molecule has 27 heavy (non-hydrogen) atoms. The average Bonchev–Trinajstić information content (AvgIpc) is 3.14. The fourth-order valence-electron chi connectivity index (χ4n) is 2.94. The molecule has 0 aromatic heterocycles. The maximum atomic E-state index is 12.2. The summed E-state index contributed by atoms with van der Waals surface area (Å²) < 4.78 is 21.4. The minimum absolute atomic E-state index is 0.0571. The van der Waals surface area contributed by atoms with Crippen LogP contribution in [0.1, 0.15) is 12.0 Å². The molecule has 0 radical (unpaired) electrons. The van der Waals surface area contributed by atoms with Crippen LogP contribution in [0.2, 0.25) is 0 Å². The second-order valence-corrected chi connectivity index (χ2v) is 6.26. The molecule has 144 valence electrons. The van der Waals surface area contributed by atoms with E-state index in [0.717, 1.165) is 11.3 Å². The first kappa shape index (κ1) is 18.8. The van der Waals surface area contributed by atoms with Crippen molar-refractivity contribution in [2.45, 2.75) is 13.0 Å².